The molecule has 3 aromatic rings. The largest absolute Gasteiger partial charge is 0.349 e. The molecule has 0 spiro atoms. The number of nitrogens with zero attached hydrogens (tertiary/aromatic N) is 2. The van der Waals surface area contributed by atoms with Crippen LogP contribution in [-0.2, 0) is 0 Å². The molecule has 1 aromatic carbocycles. The fourth-order valence-electron chi connectivity index (χ4n) is 2.98. The van der Waals surface area contributed by atoms with Crippen LogP contribution in [0.1, 0.15) is 46.1 Å². The van der Waals surface area contributed by atoms with Crippen LogP contribution in [0.15, 0.2) is 42.6 Å². The van der Waals surface area contributed by atoms with E-state index in [1.165, 1.54) is 0 Å². The van der Waals surface area contributed by atoms with E-state index in [-0.39, 0.29) is 23.3 Å². The molecule has 27 heavy (non-hydrogen) atoms. The Morgan fingerprint density at radius 3 is 2.44 bits per heavy atom. The number of nitrogens with one attached hydrogen (secondary N) is 2. The molecule has 0 saturated heterocycles. The molecule has 0 fully saturated rings. The minimum Gasteiger partial charge on any atom is -0.349 e. The number of carbonyl (C=O) groups is 2. The van der Waals surface area contributed by atoms with Gasteiger partial charge in [0.25, 0.3) is 11.8 Å². The number of fused-ring (bicyclic) bond motifs is 1. The molecule has 0 bridgehead atoms. The van der Waals surface area contributed by atoms with E-state index in [4.69, 9.17) is 0 Å². The maximum Gasteiger partial charge on any atom is 0.287 e. The minimum atomic E-state index is -0.341. The summed E-state index contributed by atoms with van der Waals surface area (Å²) in [7, 11) is 0. The Kier molecular flexibility index (Phi) is 5.26. The smallest absolute Gasteiger partial charge is 0.287 e. The molecule has 0 radical (unpaired) electrons. The van der Waals surface area contributed by atoms with Gasteiger partial charge in [-0.05, 0) is 55.2 Å². The fraction of sp³-hybridized carbons (Fsp3) is 0.286. The van der Waals surface area contributed by atoms with E-state index in [1.54, 1.807) is 22.7 Å². The molecule has 0 saturated carbocycles. The molecular formula is C21H24N4O2. The van der Waals surface area contributed by atoms with Gasteiger partial charge in [0.15, 0.2) is 5.69 Å². The topological polar surface area (TPSA) is 75.5 Å². The van der Waals surface area contributed by atoms with Crippen molar-refractivity contribution in [3.8, 4) is 0 Å². The van der Waals surface area contributed by atoms with Gasteiger partial charge in [-0.2, -0.15) is 0 Å². The normalized spacial score (nSPS) is 11.0. The zero-order valence-corrected chi connectivity index (χ0v) is 16.0. The highest BCUT2D eigenvalue weighted by molar-refractivity contribution is 6.09. The van der Waals surface area contributed by atoms with Crippen LogP contribution in [0.5, 0.6) is 0 Å². The zero-order valence-electron chi connectivity index (χ0n) is 16.0. The van der Waals surface area contributed by atoms with E-state index in [0.29, 0.717) is 23.7 Å². The van der Waals surface area contributed by atoms with Crippen LogP contribution >= 0.6 is 0 Å². The lowest BCUT2D eigenvalue weighted by Gasteiger charge is -2.06. The van der Waals surface area contributed by atoms with Crippen molar-refractivity contribution < 1.29 is 9.59 Å². The third-order valence-electron chi connectivity index (χ3n) is 4.12. The molecule has 2 aromatic heterocycles. The number of hydrogen-bond acceptors (Lipinski definition) is 3. The Balaban J connectivity index is 1.94. The quantitative estimate of drug-likeness (QED) is 0.726. The van der Waals surface area contributed by atoms with Crippen LogP contribution in [0.4, 0.5) is 5.69 Å². The molecule has 0 atom stereocenters. The summed E-state index contributed by atoms with van der Waals surface area (Å²) in [5, 5.41) is 5.74. The number of anilines is 1. The lowest BCUT2D eigenvalue weighted by molar-refractivity contribution is 0.0938. The number of amides is 2. The molecule has 2 N–H and O–H groups in total. The van der Waals surface area contributed by atoms with Gasteiger partial charge in [-0.15, -0.1) is 0 Å². The minimum absolute atomic E-state index is 0.205. The van der Waals surface area contributed by atoms with E-state index < -0.39 is 0 Å². The molecule has 2 amide bonds. The third kappa shape index (κ3) is 4.16. The van der Waals surface area contributed by atoms with Gasteiger partial charge in [-0.1, -0.05) is 26.0 Å². The van der Waals surface area contributed by atoms with Crippen molar-refractivity contribution >= 4 is 23.0 Å². The monoisotopic (exact) mass is 364 g/mol. The number of aryl methyl sites for hydroxylation is 2. The number of imidazole rings is 1. The highest BCUT2D eigenvalue weighted by atomic mass is 16.2. The van der Waals surface area contributed by atoms with Gasteiger partial charge in [0.05, 0.1) is 5.52 Å². The molecule has 6 nitrogen and oxygen atoms in total. The molecule has 0 aliphatic carbocycles. The second kappa shape index (κ2) is 7.61. The van der Waals surface area contributed by atoms with E-state index in [2.05, 4.69) is 15.6 Å². The fourth-order valence-corrected chi connectivity index (χ4v) is 2.98. The van der Waals surface area contributed by atoms with Crippen molar-refractivity contribution in [2.24, 2.45) is 5.92 Å². The van der Waals surface area contributed by atoms with Crippen LogP contribution in [0, 0.1) is 19.8 Å². The molecule has 2 heterocycles. The number of rotatable bonds is 5. The number of benzene rings is 1. The average Bonchev–Trinajstić information content (AvgIpc) is 2.98. The summed E-state index contributed by atoms with van der Waals surface area (Å²) in [6, 6.07) is 11.3. The highest BCUT2D eigenvalue weighted by Gasteiger charge is 2.21. The van der Waals surface area contributed by atoms with E-state index in [0.717, 1.165) is 11.1 Å². The Morgan fingerprint density at radius 1 is 1.07 bits per heavy atom. The Morgan fingerprint density at radius 2 is 1.78 bits per heavy atom. The Hall–Kier alpha value is -3.15. The number of carbonyl (C=O) groups excluding carboxylic acids is 2. The van der Waals surface area contributed by atoms with Crippen molar-refractivity contribution in [1.82, 2.24) is 14.7 Å². The first-order chi connectivity index (χ1) is 12.8. The predicted molar refractivity (Wildman–Crippen MR) is 106 cm³/mol. The highest BCUT2D eigenvalue weighted by Crippen LogP contribution is 2.18. The average molecular weight is 364 g/mol. The summed E-state index contributed by atoms with van der Waals surface area (Å²) in [5.74, 6) is -0.105. The van der Waals surface area contributed by atoms with Crippen molar-refractivity contribution in [2.75, 3.05) is 11.9 Å². The van der Waals surface area contributed by atoms with Crippen molar-refractivity contribution in [3.63, 3.8) is 0 Å². The zero-order chi connectivity index (χ0) is 19.6. The van der Waals surface area contributed by atoms with Crippen LogP contribution in [0.2, 0.25) is 0 Å². The lowest BCUT2D eigenvalue weighted by atomic mass is 10.1. The predicted octanol–water partition coefficient (Wildman–Crippen LogP) is 3.59. The van der Waals surface area contributed by atoms with Crippen molar-refractivity contribution in [3.05, 3.63) is 65.2 Å². The van der Waals surface area contributed by atoms with Crippen molar-refractivity contribution in [2.45, 2.75) is 27.7 Å². The van der Waals surface area contributed by atoms with Crippen LogP contribution in [0.25, 0.3) is 5.52 Å². The Bertz CT molecular complexity index is 984. The summed E-state index contributed by atoms with van der Waals surface area (Å²) in [5.41, 5.74) is 3.65. The first-order valence-electron chi connectivity index (χ1n) is 9.00. The van der Waals surface area contributed by atoms with Crippen LogP contribution < -0.4 is 10.6 Å². The number of hydrogen-bond donors (Lipinski definition) is 2. The SMILES string of the molecule is Cc1cc(C)cc(NC(=O)c2nc(C(=O)NCC(C)C)n3ccccc23)c1. The number of pyridine rings is 1. The maximum atomic E-state index is 12.8. The first-order valence-corrected chi connectivity index (χ1v) is 9.00. The second-order valence-corrected chi connectivity index (χ2v) is 7.17. The summed E-state index contributed by atoms with van der Waals surface area (Å²) >= 11 is 0. The number of aromatic nitrogens is 2. The lowest BCUT2D eigenvalue weighted by Crippen LogP contribution is -2.29. The van der Waals surface area contributed by atoms with Gasteiger partial charge in [-0.3, -0.25) is 14.0 Å². The maximum absolute atomic E-state index is 12.8. The standard InChI is InChI=1S/C21H24N4O2/c1-13(2)12-22-21(27)19-24-18(17-7-5-6-8-25(17)19)20(26)23-16-10-14(3)9-15(4)11-16/h5-11,13H,12H2,1-4H3,(H,22,27)(H,23,26). The molecule has 0 unspecified atom stereocenters. The van der Waals surface area contributed by atoms with Gasteiger partial charge in [-0.25, -0.2) is 4.98 Å². The van der Waals surface area contributed by atoms with E-state index >= 15 is 0 Å². The van der Waals surface area contributed by atoms with Gasteiger partial charge in [0.1, 0.15) is 0 Å². The van der Waals surface area contributed by atoms with Crippen LogP contribution in [-0.4, -0.2) is 27.7 Å². The van der Waals surface area contributed by atoms with Crippen LogP contribution in [0.3, 0.4) is 0 Å². The van der Waals surface area contributed by atoms with Gasteiger partial charge >= 0.3 is 0 Å². The van der Waals surface area contributed by atoms with E-state index in [1.807, 2.05) is 52.0 Å². The van der Waals surface area contributed by atoms with Gasteiger partial charge in [0.2, 0.25) is 5.82 Å². The molecule has 6 heteroatoms. The van der Waals surface area contributed by atoms with Gasteiger partial charge in [0, 0.05) is 18.4 Å². The summed E-state index contributed by atoms with van der Waals surface area (Å²) in [4.78, 5) is 29.7. The first kappa shape index (κ1) is 18.6. The summed E-state index contributed by atoms with van der Waals surface area (Å²) < 4.78 is 1.64. The molecule has 140 valence electrons. The van der Waals surface area contributed by atoms with Crippen molar-refractivity contribution in [1.29, 1.82) is 0 Å². The van der Waals surface area contributed by atoms with Gasteiger partial charge < -0.3 is 10.6 Å². The molecule has 3 rings (SSSR count). The summed E-state index contributed by atoms with van der Waals surface area (Å²) in [6.45, 7) is 8.54. The van der Waals surface area contributed by atoms with E-state index in [9.17, 15) is 9.59 Å². The Labute approximate surface area is 158 Å². The summed E-state index contributed by atoms with van der Waals surface area (Å²) in [6.07, 6.45) is 1.74. The molecule has 0 aliphatic heterocycles. The molecule has 0 aliphatic rings. The molecular weight excluding hydrogens is 340 g/mol. The third-order valence-corrected chi connectivity index (χ3v) is 4.12. The second-order valence-electron chi connectivity index (χ2n) is 7.17.